The zero-order valence-corrected chi connectivity index (χ0v) is 14.9. The Morgan fingerprint density at radius 2 is 1.73 bits per heavy atom. The summed E-state index contributed by atoms with van der Waals surface area (Å²) in [4.78, 5) is 36.0. The first kappa shape index (κ1) is 18.3. The van der Waals surface area contributed by atoms with Crippen molar-refractivity contribution in [3.8, 4) is 0 Å². The van der Waals surface area contributed by atoms with Crippen LogP contribution >= 0.6 is 0 Å². The highest BCUT2D eigenvalue weighted by molar-refractivity contribution is 6.21. The summed E-state index contributed by atoms with van der Waals surface area (Å²) in [5.74, 6) is -1.41. The predicted molar refractivity (Wildman–Crippen MR) is 92.8 cm³/mol. The van der Waals surface area contributed by atoms with Crippen LogP contribution in [-0.2, 0) is 19.1 Å². The monoisotopic (exact) mass is 358 g/mol. The third-order valence-electron chi connectivity index (χ3n) is 4.58. The number of ether oxygens (including phenoxy) is 2. The largest absolute Gasteiger partial charge is 0.340 e. The first-order valence-electron chi connectivity index (χ1n) is 8.55. The fraction of sp³-hybridized carbons (Fsp3) is 0.421. The molecule has 2 aliphatic rings. The minimum absolute atomic E-state index is 0.0430. The number of hydrogen-bond donors (Lipinski definition) is 2. The summed E-state index contributed by atoms with van der Waals surface area (Å²) < 4.78 is 12.0. The van der Waals surface area contributed by atoms with E-state index >= 15 is 0 Å². The number of nitrogens with one attached hydrogen (secondary N) is 2. The molecule has 1 spiro atoms. The predicted octanol–water partition coefficient (Wildman–Crippen LogP) is 2.20. The fourth-order valence-corrected chi connectivity index (χ4v) is 3.09. The van der Waals surface area contributed by atoms with Gasteiger partial charge in [-0.2, -0.15) is 0 Å². The molecule has 1 aromatic rings. The molecule has 0 radical (unpaired) electrons. The molecule has 0 saturated carbocycles. The lowest BCUT2D eigenvalue weighted by Gasteiger charge is -2.40. The summed E-state index contributed by atoms with van der Waals surface area (Å²) in [7, 11) is 0. The molecule has 2 N–H and O–H groups in total. The zero-order valence-electron chi connectivity index (χ0n) is 14.9. The highest BCUT2D eigenvalue weighted by atomic mass is 16.7. The van der Waals surface area contributed by atoms with Crippen molar-refractivity contribution in [2.24, 2.45) is 5.92 Å². The lowest BCUT2D eigenvalue weighted by molar-refractivity contribution is -0.223. The summed E-state index contributed by atoms with van der Waals surface area (Å²) >= 11 is 0. The van der Waals surface area contributed by atoms with Crippen LogP contribution in [0.1, 0.15) is 38.9 Å². The summed E-state index contributed by atoms with van der Waals surface area (Å²) in [6.45, 7) is 5.87. The van der Waals surface area contributed by atoms with Crippen molar-refractivity contribution >= 4 is 17.8 Å². The van der Waals surface area contributed by atoms with Gasteiger partial charge in [0.25, 0.3) is 11.8 Å². The van der Waals surface area contributed by atoms with Gasteiger partial charge in [-0.05, 0) is 24.0 Å². The van der Waals surface area contributed by atoms with E-state index < -0.39 is 29.7 Å². The Hall–Kier alpha value is -2.51. The van der Waals surface area contributed by atoms with Crippen LogP contribution in [0.2, 0.25) is 0 Å². The number of amides is 4. The van der Waals surface area contributed by atoms with Gasteiger partial charge in [-0.15, -0.1) is 0 Å². The number of rotatable bonds is 4. The smallest absolute Gasteiger partial charge is 0.328 e. The third-order valence-corrected chi connectivity index (χ3v) is 4.58. The Morgan fingerprint density at radius 3 is 2.31 bits per heavy atom. The molecular weight excluding hydrogens is 336 g/mol. The van der Waals surface area contributed by atoms with Gasteiger partial charge >= 0.3 is 6.03 Å². The van der Waals surface area contributed by atoms with Gasteiger partial charge in [-0.3, -0.25) is 20.2 Å². The Labute approximate surface area is 151 Å². The van der Waals surface area contributed by atoms with E-state index in [0.29, 0.717) is 0 Å². The molecule has 1 fully saturated rings. The quantitative estimate of drug-likeness (QED) is 0.636. The first-order valence-corrected chi connectivity index (χ1v) is 8.55. The molecule has 1 saturated heterocycles. The molecule has 1 aromatic carbocycles. The van der Waals surface area contributed by atoms with E-state index in [1.54, 1.807) is 6.08 Å². The van der Waals surface area contributed by atoms with Crippen LogP contribution in [0.15, 0.2) is 42.0 Å². The molecule has 3 rings (SSSR count). The van der Waals surface area contributed by atoms with Crippen molar-refractivity contribution in [1.82, 2.24) is 10.6 Å². The van der Waals surface area contributed by atoms with E-state index in [9.17, 15) is 14.4 Å². The van der Waals surface area contributed by atoms with E-state index in [0.717, 1.165) is 11.1 Å². The third kappa shape index (κ3) is 3.27. The lowest BCUT2D eigenvalue weighted by atomic mass is 9.91. The molecule has 4 amide bonds. The van der Waals surface area contributed by atoms with Crippen LogP contribution in [0.5, 0.6) is 0 Å². The van der Waals surface area contributed by atoms with Gasteiger partial charge in [0.2, 0.25) is 5.60 Å². The molecule has 7 nitrogen and oxygen atoms in total. The van der Waals surface area contributed by atoms with Gasteiger partial charge in [0.05, 0.1) is 6.10 Å². The molecule has 2 atom stereocenters. The molecule has 0 aromatic heterocycles. The van der Waals surface area contributed by atoms with Crippen LogP contribution in [0.4, 0.5) is 4.79 Å². The molecular formula is C19H22N2O5. The van der Waals surface area contributed by atoms with Crippen molar-refractivity contribution in [2.75, 3.05) is 0 Å². The highest BCUT2D eigenvalue weighted by Gasteiger charge is 2.54. The van der Waals surface area contributed by atoms with Crippen LogP contribution < -0.4 is 10.6 Å². The Morgan fingerprint density at radius 1 is 1.12 bits per heavy atom. The maximum atomic E-state index is 12.3. The summed E-state index contributed by atoms with van der Waals surface area (Å²) in [6.07, 6.45) is 0.629. The standard InChI is InChI=1S/C19H22N2O5/c1-11(2)14(13-7-5-4-6-8-13)25-15-12(3)9-10-19(26-15)16(22)20-18(24)21-17(19)23/h4-9,11,14-15H,10H2,1-3H3,(H2,20,21,22,23,24)/t14-,15+/m1/s1. The SMILES string of the molecule is CC1=CCC2(O[C@@H]1O[C@@H](c1ccccc1)C(C)C)C(=O)NC(=O)NC2=O. The van der Waals surface area contributed by atoms with Gasteiger partial charge < -0.3 is 9.47 Å². The van der Waals surface area contributed by atoms with Crippen molar-refractivity contribution in [1.29, 1.82) is 0 Å². The average Bonchev–Trinajstić information content (AvgIpc) is 2.60. The van der Waals surface area contributed by atoms with Crippen molar-refractivity contribution in [3.05, 3.63) is 47.5 Å². The number of barbiturate groups is 1. The van der Waals surface area contributed by atoms with Crippen molar-refractivity contribution in [3.63, 3.8) is 0 Å². The second kappa shape index (κ2) is 7.01. The Kier molecular flexibility index (Phi) is 4.93. The number of urea groups is 1. The molecule has 138 valence electrons. The van der Waals surface area contributed by atoms with Gasteiger partial charge in [0, 0.05) is 6.42 Å². The fourth-order valence-electron chi connectivity index (χ4n) is 3.09. The van der Waals surface area contributed by atoms with E-state index in [4.69, 9.17) is 9.47 Å². The molecule has 2 heterocycles. The second-order valence-electron chi connectivity index (χ2n) is 6.88. The summed E-state index contributed by atoms with van der Waals surface area (Å²) in [6, 6.07) is 8.84. The molecule has 0 unspecified atom stereocenters. The van der Waals surface area contributed by atoms with Gasteiger partial charge in [0.15, 0.2) is 6.29 Å². The lowest BCUT2D eigenvalue weighted by Crippen LogP contribution is -2.69. The minimum atomic E-state index is -1.80. The highest BCUT2D eigenvalue weighted by Crippen LogP contribution is 2.35. The maximum absolute atomic E-state index is 12.3. The van der Waals surface area contributed by atoms with Gasteiger partial charge in [0.1, 0.15) is 0 Å². The molecule has 26 heavy (non-hydrogen) atoms. The Bertz CT molecular complexity index is 736. The normalized spacial score (nSPS) is 23.5. The van der Waals surface area contributed by atoms with Gasteiger partial charge in [-0.25, -0.2) is 4.79 Å². The maximum Gasteiger partial charge on any atom is 0.328 e. The van der Waals surface area contributed by atoms with E-state index in [1.807, 2.05) is 51.1 Å². The summed E-state index contributed by atoms with van der Waals surface area (Å²) in [5.41, 5.74) is -0.0444. The van der Waals surface area contributed by atoms with Crippen LogP contribution in [-0.4, -0.2) is 29.7 Å². The van der Waals surface area contributed by atoms with Crippen LogP contribution in [0, 0.1) is 5.92 Å². The number of hydrogen-bond acceptors (Lipinski definition) is 5. The number of carbonyl (C=O) groups is 3. The summed E-state index contributed by atoms with van der Waals surface area (Å²) in [5, 5.41) is 4.19. The van der Waals surface area contributed by atoms with E-state index in [2.05, 4.69) is 10.6 Å². The van der Waals surface area contributed by atoms with Crippen LogP contribution in [0.3, 0.4) is 0 Å². The van der Waals surface area contributed by atoms with E-state index in [-0.39, 0.29) is 18.4 Å². The number of carbonyl (C=O) groups excluding carboxylic acids is 3. The van der Waals surface area contributed by atoms with Crippen molar-refractivity contribution in [2.45, 2.75) is 45.2 Å². The zero-order chi connectivity index (χ0) is 18.9. The molecule has 0 bridgehead atoms. The first-order chi connectivity index (χ1) is 12.3. The second-order valence-corrected chi connectivity index (χ2v) is 6.88. The molecule has 7 heteroatoms. The Balaban J connectivity index is 1.86. The minimum Gasteiger partial charge on any atom is -0.340 e. The molecule has 2 aliphatic heterocycles. The number of benzene rings is 1. The van der Waals surface area contributed by atoms with E-state index in [1.165, 1.54) is 0 Å². The topological polar surface area (TPSA) is 93.7 Å². The van der Waals surface area contributed by atoms with Crippen LogP contribution in [0.25, 0.3) is 0 Å². The number of imide groups is 2. The van der Waals surface area contributed by atoms with Gasteiger partial charge in [-0.1, -0.05) is 50.3 Å². The van der Waals surface area contributed by atoms with Crippen molar-refractivity contribution < 1.29 is 23.9 Å². The molecule has 0 aliphatic carbocycles. The average molecular weight is 358 g/mol.